The number of halogens is 2. The molecule has 2 aliphatic heterocycles. The van der Waals surface area contributed by atoms with Crippen LogP contribution < -0.4 is 14.8 Å². The fourth-order valence-electron chi connectivity index (χ4n) is 3.58. The largest absolute Gasteiger partial charge is 0.454 e. The normalized spacial score (nSPS) is 18.3. The maximum Gasteiger partial charge on any atom is 0.231 e. The Bertz CT molecular complexity index is 857. The van der Waals surface area contributed by atoms with Gasteiger partial charge in [-0.1, -0.05) is 0 Å². The van der Waals surface area contributed by atoms with E-state index in [0.717, 1.165) is 53.5 Å². The topological polar surface area (TPSA) is 63.9 Å². The minimum atomic E-state index is 0. The van der Waals surface area contributed by atoms with E-state index in [0.29, 0.717) is 12.5 Å². The van der Waals surface area contributed by atoms with E-state index < -0.39 is 0 Å². The second-order valence-corrected chi connectivity index (χ2v) is 7.71. The number of likely N-dealkylation sites (tertiary alicyclic amines) is 1. The average molecular weight is 562 g/mol. The van der Waals surface area contributed by atoms with Crippen molar-refractivity contribution in [2.45, 2.75) is 25.8 Å². The van der Waals surface area contributed by atoms with Gasteiger partial charge in [0.15, 0.2) is 17.5 Å². The predicted octanol–water partition coefficient (Wildman–Crippen LogP) is 3.48. The molecule has 28 heavy (non-hydrogen) atoms. The first kappa shape index (κ1) is 21.2. The molecule has 0 saturated carbocycles. The molecular weight excluding hydrogens is 537 g/mol. The molecule has 9 heteroatoms. The number of hydrogen-bond donors (Lipinski definition) is 1. The number of guanidine groups is 1. The van der Waals surface area contributed by atoms with Gasteiger partial charge in [-0.05, 0) is 52.5 Å². The van der Waals surface area contributed by atoms with E-state index in [1.165, 1.54) is 5.56 Å². The van der Waals surface area contributed by atoms with E-state index in [1.54, 1.807) is 0 Å². The molecule has 1 unspecified atom stereocenters. The number of rotatable bonds is 4. The minimum Gasteiger partial charge on any atom is -0.454 e. The second kappa shape index (κ2) is 9.34. The van der Waals surface area contributed by atoms with E-state index in [2.05, 4.69) is 44.4 Å². The van der Waals surface area contributed by atoms with Gasteiger partial charge >= 0.3 is 0 Å². The number of fused-ring (bicyclic) bond motifs is 1. The van der Waals surface area contributed by atoms with Crippen LogP contribution in [0.3, 0.4) is 0 Å². The van der Waals surface area contributed by atoms with Crippen molar-refractivity contribution in [3.8, 4) is 11.5 Å². The SMILES string of the molecule is CCNC(=NCc1cc(Br)c2c(c1)OCO2)N1CCC(c2cnn(C)c2)C1.I. The monoisotopic (exact) mass is 561 g/mol. The fourth-order valence-corrected chi connectivity index (χ4v) is 4.18. The van der Waals surface area contributed by atoms with E-state index in [4.69, 9.17) is 14.5 Å². The number of hydrogen-bond acceptors (Lipinski definition) is 4. The van der Waals surface area contributed by atoms with Crippen LogP contribution in [0.5, 0.6) is 11.5 Å². The first-order valence-electron chi connectivity index (χ1n) is 9.24. The molecule has 1 fully saturated rings. The third-order valence-electron chi connectivity index (χ3n) is 4.92. The Labute approximate surface area is 190 Å². The van der Waals surface area contributed by atoms with Gasteiger partial charge in [0.1, 0.15) is 0 Å². The van der Waals surface area contributed by atoms with Crippen molar-refractivity contribution in [3.63, 3.8) is 0 Å². The summed E-state index contributed by atoms with van der Waals surface area (Å²) < 4.78 is 13.7. The van der Waals surface area contributed by atoms with Crippen molar-refractivity contribution >= 4 is 45.9 Å². The number of aromatic nitrogens is 2. The highest BCUT2D eigenvalue weighted by Gasteiger charge is 2.27. The number of nitrogens with zero attached hydrogens (tertiary/aromatic N) is 4. The quantitative estimate of drug-likeness (QED) is 0.352. The molecular formula is C19H25BrIN5O2. The molecule has 1 saturated heterocycles. The predicted molar refractivity (Wildman–Crippen MR) is 123 cm³/mol. The van der Waals surface area contributed by atoms with Crippen LogP contribution in [0.2, 0.25) is 0 Å². The zero-order valence-corrected chi connectivity index (χ0v) is 19.9. The van der Waals surface area contributed by atoms with Crippen molar-refractivity contribution in [2.24, 2.45) is 12.0 Å². The lowest BCUT2D eigenvalue weighted by Crippen LogP contribution is -2.40. The van der Waals surface area contributed by atoms with Crippen LogP contribution >= 0.6 is 39.9 Å². The Hall–Kier alpha value is -1.49. The first-order chi connectivity index (χ1) is 13.1. The fraction of sp³-hybridized carbons (Fsp3) is 0.474. The van der Waals surface area contributed by atoms with Crippen LogP contribution in [-0.4, -0.2) is 47.1 Å². The summed E-state index contributed by atoms with van der Waals surface area (Å²) in [7, 11) is 1.96. The molecule has 2 aliphatic rings. The molecule has 1 aromatic heterocycles. The van der Waals surface area contributed by atoms with Crippen molar-refractivity contribution in [1.82, 2.24) is 20.0 Å². The van der Waals surface area contributed by atoms with Crippen LogP contribution in [0.25, 0.3) is 0 Å². The van der Waals surface area contributed by atoms with Gasteiger partial charge < -0.3 is 19.7 Å². The lowest BCUT2D eigenvalue weighted by Gasteiger charge is -2.21. The van der Waals surface area contributed by atoms with Gasteiger partial charge in [-0.25, -0.2) is 4.99 Å². The summed E-state index contributed by atoms with van der Waals surface area (Å²) in [5, 5.41) is 7.73. The molecule has 4 rings (SSSR count). The molecule has 0 radical (unpaired) electrons. The first-order valence-corrected chi connectivity index (χ1v) is 10.0. The lowest BCUT2D eigenvalue weighted by molar-refractivity contribution is 0.173. The maximum atomic E-state index is 5.50. The van der Waals surface area contributed by atoms with Crippen LogP contribution in [0.15, 0.2) is 34.0 Å². The average Bonchev–Trinajstić information content (AvgIpc) is 3.38. The molecule has 7 nitrogen and oxygen atoms in total. The van der Waals surface area contributed by atoms with Crippen molar-refractivity contribution in [3.05, 3.63) is 40.1 Å². The summed E-state index contributed by atoms with van der Waals surface area (Å²) in [4.78, 5) is 7.20. The molecule has 0 bridgehead atoms. The molecule has 2 aromatic rings. The molecule has 0 aliphatic carbocycles. The highest BCUT2D eigenvalue weighted by molar-refractivity contribution is 14.0. The van der Waals surface area contributed by atoms with Crippen molar-refractivity contribution in [1.29, 1.82) is 0 Å². The third kappa shape index (κ3) is 4.56. The minimum absolute atomic E-state index is 0. The summed E-state index contributed by atoms with van der Waals surface area (Å²) >= 11 is 3.55. The van der Waals surface area contributed by atoms with Crippen LogP contribution in [0, 0.1) is 0 Å². The Morgan fingerprint density at radius 2 is 2.25 bits per heavy atom. The Kier molecular flexibility index (Phi) is 7.08. The Balaban J connectivity index is 0.00000225. The summed E-state index contributed by atoms with van der Waals surface area (Å²) in [6.07, 6.45) is 5.20. The van der Waals surface area contributed by atoms with Gasteiger partial charge in [-0.2, -0.15) is 5.10 Å². The van der Waals surface area contributed by atoms with E-state index >= 15 is 0 Å². The van der Waals surface area contributed by atoms with Gasteiger partial charge in [0.05, 0.1) is 17.2 Å². The van der Waals surface area contributed by atoms with E-state index in [-0.39, 0.29) is 30.8 Å². The van der Waals surface area contributed by atoms with E-state index in [9.17, 15) is 0 Å². The zero-order valence-electron chi connectivity index (χ0n) is 16.0. The molecule has 1 atom stereocenters. The smallest absolute Gasteiger partial charge is 0.231 e. The van der Waals surface area contributed by atoms with Gasteiger partial charge in [0.25, 0.3) is 0 Å². The number of nitrogens with one attached hydrogen (secondary N) is 1. The molecule has 3 heterocycles. The van der Waals surface area contributed by atoms with Gasteiger partial charge in [-0.15, -0.1) is 24.0 Å². The molecule has 0 spiro atoms. The van der Waals surface area contributed by atoms with Crippen LogP contribution in [0.1, 0.15) is 30.4 Å². The van der Waals surface area contributed by atoms with Crippen LogP contribution in [0.4, 0.5) is 0 Å². The molecule has 1 aromatic carbocycles. The summed E-state index contributed by atoms with van der Waals surface area (Å²) in [6, 6.07) is 4.05. The zero-order chi connectivity index (χ0) is 18.8. The standard InChI is InChI=1S/C19H24BrN5O2.HI/c1-3-21-19(25-5-4-14(11-25)15-9-23-24(2)10-15)22-8-13-6-16(20)18-17(7-13)26-12-27-18;/h6-7,9-10,14H,3-5,8,11-12H2,1-2H3,(H,21,22);1H. The van der Waals surface area contributed by atoms with Gasteiger partial charge in [0.2, 0.25) is 6.79 Å². The number of aliphatic imine (C=N–C) groups is 1. The highest BCUT2D eigenvalue weighted by Crippen LogP contribution is 2.40. The van der Waals surface area contributed by atoms with Crippen molar-refractivity contribution in [2.75, 3.05) is 26.4 Å². The Morgan fingerprint density at radius 3 is 3.00 bits per heavy atom. The molecule has 0 amide bonds. The number of benzene rings is 1. The van der Waals surface area contributed by atoms with Gasteiger partial charge in [0, 0.05) is 38.8 Å². The maximum absolute atomic E-state index is 5.50. The summed E-state index contributed by atoms with van der Waals surface area (Å²) in [5.74, 6) is 3.01. The number of aryl methyl sites for hydroxylation is 1. The second-order valence-electron chi connectivity index (χ2n) is 6.86. The molecule has 1 N–H and O–H groups in total. The summed E-state index contributed by atoms with van der Waals surface area (Å²) in [6.45, 7) is 5.76. The summed E-state index contributed by atoms with van der Waals surface area (Å²) in [5.41, 5.74) is 2.39. The van der Waals surface area contributed by atoms with Crippen molar-refractivity contribution < 1.29 is 9.47 Å². The third-order valence-corrected chi connectivity index (χ3v) is 5.51. The number of ether oxygens (including phenoxy) is 2. The van der Waals surface area contributed by atoms with Crippen LogP contribution in [-0.2, 0) is 13.6 Å². The lowest BCUT2D eigenvalue weighted by atomic mass is 10.0. The Morgan fingerprint density at radius 1 is 1.39 bits per heavy atom. The van der Waals surface area contributed by atoms with Gasteiger partial charge in [-0.3, -0.25) is 4.68 Å². The van der Waals surface area contributed by atoms with E-state index in [1.807, 2.05) is 30.1 Å². The highest BCUT2D eigenvalue weighted by atomic mass is 127. The molecule has 152 valence electrons.